The maximum atomic E-state index is 9.99. The van der Waals surface area contributed by atoms with Gasteiger partial charge < -0.3 is 15.2 Å². The molecule has 3 fully saturated rings. The van der Waals surface area contributed by atoms with Gasteiger partial charge in [0.05, 0.1) is 12.7 Å². The molecule has 0 spiro atoms. The topological polar surface area (TPSA) is 41.5 Å². The number of likely N-dealkylation sites (N-methyl/N-ethyl adjacent to an activating group) is 1. The molecule has 2 heterocycles. The van der Waals surface area contributed by atoms with E-state index in [1.807, 2.05) is 7.05 Å². The third-order valence-corrected chi connectivity index (χ3v) is 2.91. The molecule has 1 unspecified atom stereocenters. The van der Waals surface area contributed by atoms with E-state index < -0.39 is 5.60 Å². The lowest BCUT2D eigenvalue weighted by Gasteiger charge is -2.51. The molecule has 3 rings (SSSR count). The molecule has 11 heavy (non-hydrogen) atoms. The summed E-state index contributed by atoms with van der Waals surface area (Å²) in [5.74, 6) is 0.480. The lowest BCUT2D eigenvalue weighted by Crippen LogP contribution is -2.61. The molecule has 0 radical (unpaired) electrons. The highest BCUT2D eigenvalue weighted by atomic mass is 16.5. The molecule has 3 nitrogen and oxygen atoms in total. The largest absolute Gasteiger partial charge is 0.386 e. The van der Waals surface area contributed by atoms with Crippen molar-refractivity contribution in [3.05, 3.63) is 0 Å². The molecule has 3 aliphatic rings. The van der Waals surface area contributed by atoms with Crippen molar-refractivity contribution < 1.29 is 9.84 Å². The van der Waals surface area contributed by atoms with E-state index >= 15 is 0 Å². The van der Waals surface area contributed by atoms with Crippen LogP contribution in [-0.2, 0) is 4.74 Å². The van der Waals surface area contributed by atoms with Gasteiger partial charge in [0.15, 0.2) is 0 Å². The number of fused-ring (bicyclic) bond motifs is 2. The van der Waals surface area contributed by atoms with Gasteiger partial charge in [0.2, 0.25) is 0 Å². The predicted molar refractivity (Wildman–Crippen MR) is 41.3 cm³/mol. The molecule has 1 atom stereocenters. The van der Waals surface area contributed by atoms with Crippen LogP contribution in [0.1, 0.15) is 12.8 Å². The smallest absolute Gasteiger partial charge is 0.103 e. The summed E-state index contributed by atoms with van der Waals surface area (Å²) in [5.41, 5.74) is -0.580. The summed E-state index contributed by atoms with van der Waals surface area (Å²) in [4.78, 5) is 0. The molecule has 64 valence electrons. The Labute approximate surface area is 66.7 Å². The van der Waals surface area contributed by atoms with Crippen molar-refractivity contribution in [2.24, 2.45) is 5.92 Å². The highest BCUT2D eigenvalue weighted by Crippen LogP contribution is 2.43. The average molecular weight is 157 g/mol. The zero-order chi connectivity index (χ0) is 7.90. The van der Waals surface area contributed by atoms with Crippen molar-refractivity contribution in [2.75, 3.05) is 20.2 Å². The second-order valence-electron chi connectivity index (χ2n) is 3.74. The first-order chi connectivity index (χ1) is 5.24. The Morgan fingerprint density at radius 1 is 1.64 bits per heavy atom. The van der Waals surface area contributed by atoms with E-state index in [9.17, 15) is 5.11 Å². The number of nitrogens with one attached hydrogen (secondary N) is 1. The molecule has 0 aromatic heterocycles. The summed E-state index contributed by atoms with van der Waals surface area (Å²) in [7, 11) is 1.86. The first-order valence-electron chi connectivity index (χ1n) is 4.23. The molecule has 2 aliphatic heterocycles. The van der Waals surface area contributed by atoms with Gasteiger partial charge in [-0.05, 0) is 25.8 Å². The Kier molecular flexibility index (Phi) is 1.67. The van der Waals surface area contributed by atoms with Crippen LogP contribution in [-0.4, -0.2) is 37.0 Å². The Hall–Kier alpha value is -0.120. The summed E-state index contributed by atoms with van der Waals surface area (Å²) >= 11 is 0. The molecule has 0 aromatic rings. The van der Waals surface area contributed by atoms with Gasteiger partial charge in [-0.1, -0.05) is 0 Å². The summed E-state index contributed by atoms with van der Waals surface area (Å²) in [6.45, 7) is 1.17. The highest BCUT2D eigenvalue weighted by Gasteiger charge is 2.50. The third-order valence-electron chi connectivity index (χ3n) is 2.91. The van der Waals surface area contributed by atoms with Gasteiger partial charge >= 0.3 is 0 Å². The molecular formula is C8H15NO2. The normalized spacial score (nSPS) is 48.5. The van der Waals surface area contributed by atoms with E-state index in [0.29, 0.717) is 25.2 Å². The molecule has 2 N–H and O–H groups in total. The van der Waals surface area contributed by atoms with Gasteiger partial charge in [-0.2, -0.15) is 0 Å². The monoisotopic (exact) mass is 157 g/mol. The average Bonchev–Trinajstić information content (AvgIpc) is 1.84. The quantitative estimate of drug-likeness (QED) is 0.580. The molecule has 2 saturated heterocycles. The van der Waals surface area contributed by atoms with Crippen LogP contribution in [0.5, 0.6) is 0 Å². The summed E-state index contributed by atoms with van der Waals surface area (Å²) in [6, 6.07) is 0. The van der Waals surface area contributed by atoms with Crippen molar-refractivity contribution in [2.45, 2.75) is 24.5 Å². The molecular weight excluding hydrogens is 142 g/mol. The lowest BCUT2D eigenvalue weighted by molar-refractivity contribution is -0.215. The van der Waals surface area contributed by atoms with E-state index in [4.69, 9.17) is 4.74 Å². The minimum atomic E-state index is -0.580. The zero-order valence-corrected chi connectivity index (χ0v) is 6.84. The number of rotatable bonds is 2. The lowest BCUT2D eigenvalue weighted by atomic mass is 9.68. The van der Waals surface area contributed by atoms with Crippen LogP contribution in [0.2, 0.25) is 0 Å². The molecule has 2 bridgehead atoms. The van der Waals surface area contributed by atoms with E-state index in [0.717, 1.165) is 12.8 Å². The van der Waals surface area contributed by atoms with Crippen molar-refractivity contribution in [1.29, 1.82) is 0 Å². The Balaban J connectivity index is 1.99. The number of aliphatic hydroxyl groups is 1. The van der Waals surface area contributed by atoms with Gasteiger partial charge in [0.25, 0.3) is 0 Å². The van der Waals surface area contributed by atoms with Gasteiger partial charge in [-0.15, -0.1) is 0 Å². The van der Waals surface area contributed by atoms with E-state index in [1.54, 1.807) is 0 Å². The number of ether oxygens (including phenoxy) is 1. The minimum Gasteiger partial charge on any atom is -0.386 e. The van der Waals surface area contributed by atoms with Crippen molar-refractivity contribution in [1.82, 2.24) is 5.32 Å². The SMILES string of the molecule is CNCC1(O)COC2CC1C2. The van der Waals surface area contributed by atoms with Gasteiger partial charge in [0.1, 0.15) is 5.60 Å². The summed E-state index contributed by atoms with van der Waals surface area (Å²) < 4.78 is 5.42. The van der Waals surface area contributed by atoms with Gasteiger partial charge in [0, 0.05) is 6.54 Å². The molecule has 1 aliphatic carbocycles. The van der Waals surface area contributed by atoms with E-state index in [2.05, 4.69) is 5.32 Å². The number of hydrogen-bond acceptors (Lipinski definition) is 3. The second-order valence-corrected chi connectivity index (χ2v) is 3.74. The fourth-order valence-corrected chi connectivity index (χ4v) is 2.02. The van der Waals surface area contributed by atoms with Crippen LogP contribution >= 0.6 is 0 Å². The first-order valence-corrected chi connectivity index (χ1v) is 4.23. The fraction of sp³-hybridized carbons (Fsp3) is 1.00. The molecule has 0 amide bonds. The minimum absolute atomic E-state index is 0.456. The van der Waals surface area contributed by atoms with Crippen LogP contribution < -0.4 is 5.32 Å². The van der Waals surface area contributed by atoms with Crippen LogP contribution in [0.4, 0.5) is 0 Å². The maximum absolute atomic E-state index is 9.99. The van der Waals surface area contributed by atoms with Crippen LogP contribution in [0.3, 0.4) is 0 Å². The third kappa shape index (κ3) is 1.08. The van der Waals surface area contributed by atoms with Crippen molar-refractivity contribution in [3.8, 4) is 0 Å². The van der Waals surface area contributed by atoms with E-state index in [-0.39, 0.29) is 0 Å². The fourth-order valence-electron chi connectivity index (χ4n) is 2.02. The highest BCUT2D eigenvalue weighted by molar-refractivity contribution is 5.01. The van der Waals surface area contributed by atoms with Crippen LogP contribution in [0, 0.1) is 5.92 Å². The standard InChI is InChI=1S/C8H15NO2/c1-9-4-8(10)5-11-7-2-6(8)3-7/h6-7,9-10H,2-5H2,1H3. The Morgan fingerprint density at radius 2 is 2.36 bits per heavy atom. The molecule has 3 heteroatoms. The van der Waals surface area contributed by atoms with Crippen molar-refractivity contribution in [3.63, 3.8) is 0 Å². The van der Waals surface area contributed by atoms with Crippen molar-refractivity contribution >= 4 is 0 Å². The van der Waals surface area contributed by atoms with Gasteiger partial charge in [-0.3, -0.25) is 0 Å². The van der Waals surface area contributed by atoms with Crippen LogP contribution in [0.15, 0.2) is 0 Å². The second kappa shape index (κ2) is 2.44. The van der Waals surface area contributed by atoms with E-state index in [1.165, 1.54) is 0 Å². The predicted octanol–water partition coefficient (Wildman–Crippen LogP) is -0.254. The van der Waals surface area contributed by atoms with Crippen LogP contribution in [0.25, 0.3) is 0 Å². The summed E-state index contributed by atoms with van der Waals surface area (Å²) in [5, 5.41) is 13.0. The van der Waals surface area contributed by atoms with Gasteiger partial charge in [-0.25, -0.2) is 0 Å². The Morgan fingerprint density at radius 3 is 2.82 bits per heavy atom. The zero-order valence-electron chi connectivity index (χ0n) is 6.84. The first kappa shape index (κ1) is 7.53. The molecule has 1 saturated carbocycles. The molecule has 0 aromatic carbocycles. The maximum Gasteiger partial charge on any atom is 0.103 e. The Bertz CT molecular complexity index is 149. The number of hydrogen-bond donors (Lipinski definition) is 2. The summed E-state index contributed by atoms with van der Waals surface area (Å²) in [6.07, 6.45) is 2.56.